The lowest BCUT2D eigenvalue weighted by molar-refractivity contribution is 0.102. The minimum atomic E-state index is -3.68. The smallest absolute Gasteiger partial charge is 0.285 e. The van der Waals surface area contributed by atoms with Crippen LogP contribution in [0.1, 0.15) is 28.8 Å². The van der Waals surface area contributed by atoms with Crippen LogP contribution in [0.2, 0.25) is 0 Å². The number of fused-ring (bicyclic) bond motifs is 1. The first kappa shape index (κ1) is 20.3. The topological polar surface area (TPSA) is 90.9 Å². The number of hydrogen-bond acceptors (Lipinski definition) is 5. The fraction of sp³-hybridized carbons (Fsp3) is 0.167. The van der Waals surface area contributed by atoms with Crippen LogP contribution in [0.4, 0.5) is 17.1 Å². The molecule has 5 rings (SSSR count). The fourth-order valence-electron chi connectivity index (χ4n) is 4.05. The Morgan fingerprint density at radius 3 is 2.34 bits per heavy atom. The molecule has 0 atom stereocenters. The number of nitrogens with zero attached hydrogens (tertiary/aromatic N) is 2. The van der Waals surface area contributed by atoms with Crippen molar-refractivity contribution in [1.29, 1.82) is 0 Å². The van der Waals surface area contributed by atoms with Gasteiger partial charge in [-0.05, 0) is 61.4 Å². The van der Waals surface area contributed by atoms with Gasteiger partial charge in [-0.15, -0.1) is 4.40 Å². The van der Waals surface area contributed by atoms with Crippen LogP contribution < -0.4 is 15.5 Å². The highest BCUT2D eigenvalue weighted by Crippen LogP contribution is 2.29. The molecular formula is C24H22N4O3S. The second-order valence-electron chi connectivity index (χ2n) is 7.78. The predicted molar refractivity (Wildman–Crippen MR) is 126 cm³/mol. The number of amidine groups is 1. The normalized spacial score (nSPS) is 16.4. The van der Waals surface area contributed by atoms with Crippen molar-refractivity contribution in [3.8, 4) is 0 Å². The Balaban J connectivity index is 1.31. The van der Waals surface area contributed by atoms with Crippen LogP contribution >= 0.6 is 0 Å². The molecular weight excluding hydrogens is 424 g/mol. The highest BCUT2D eigenvalue weighted by Gasteiger charge is 2.28. The Morgan fingerprint density at radius 2 is 1.56 bits per heavy atom. The van der Waals surface area contributed by atoms with E-state index in [1.54, 1.807) is 42.5 Å². The molecule has 3 aromatic rings. The summed E-state index contributed by atoms with van der Waals surface area (Å²) in [4.78, 5) is 15.3. The molecule has 0 spiro atoms. The molecule has 2 N–H and O–H groups in total. The lowest BCUT2D eigenvalue weighted by Gasteiger charge is -2.21. The molecule has 32 heavy (non-hydrogen) atoms. The second-order valence-corrected chi connectivity index (χ2v) is 9.35. The van der Waals surface area contributed by atoms with E-state index in [0.29, 0.717) is 16.8 Å². The third kappa shape index (κ3) is 3.85. The van der Waals surface area contributed by atoms with Crippen LogP contribution in [-0.2, 0) is 10.0 Å². The molecule has 0 radical (unpaired) electrons. The van der Waals surface area contributed by atoms with E-state index in [4.69, 9.17) is 0 Å². The lowest BCUT2D eigenvalue weighted by Crippen LogP contribution is -2.21. The maximum Gasteiger partial charge on any atom is 0.285 e. The van der Waals surface area contributed by atoms with Crippen LogP contribution in [0, 0.1) is 0 Å². The predicted octanol–water partition coefficient (Wildman–Crippen LogP) is 4.10. The highest BCUT2D eigenvalue weighted by atomic mass is 32.2. The van der Waals surface area contributed by atoms with Crippen molar-refractivity contribution in [3.63, 3.8) is 0 Å². The second kappa shape index (κ2) is 8.12. The quantitative estimate of drug-likeness (QED) is 0.630. The summed E-state index contributed by atoms with van der Waals surface area (Å²) in [5.74, 6) is 0.0756. The summed E-state index contributed by atoms with van der Waals surface area (Å²) in [5.41, 5.74) is 3.52. The van der Waals surface area contributed by atoms with Crippen LogP contribution in [0.5, 0.6) is 0 Å². The van der Waals surface area contributed by atoms with Gasteiger partial charge < -0.3 is 15.5 Å². The van der Waals surface area contributed by atoms with E-state index in [9.17, 15) is 13.2 Å². The van der Waals surface area contributed by atoms with E-state index in [2.05, 4.69) is 19.9 Å². The third-order valence-electron chi connectivity index (χ3n) is 5.64. The van der Waals surface area contributed by atoms with Gasteiger partial charge in [0.1, 0.15) is 4.90 Å². The molecule has 1 amide bonds. The Bertz CT molecular complexity index is 1310. The summed E-state index contributed by atoms with van der Waals surface area (Å²) in [6.07, 6.45) is 2.32. The number of anilines is 3. The number of amides is 1. The van der Waals surface area contributed by atoms with Gasteiger partial charge in [0.15, 0.2) is 5.84 Å². The van der Waals surface area contributed by atoms with Gasteiger partial charge in [0, 0.05) is 29.9 Å². The van der Waals surface area contributed by atoms with E-state index < -0.39 is 10.0 Å². The monoisotopic (exact) mass is 446 g/mol. The van der Waals surface area contributed by atoms with Gasteiger partial charge in [0.05, 0.1) is 11.4 Å². The lowest BCUT2D eigenvalue weighted by atomic mass is 10.1. The van der Waals surface area contributed by atoms with Gasteiger partial charge in [0.25, 0.3) is 15.9 Å². The van der Waals surface area contributed by atoms with Crippen molar-refractivity contribution in [2.24, 2.45) is 4.40 Å². The maximum absolute atomic E-state index is 12.8. The number of carbonyl (C=O) groups excluding carboxylic acids is 1. The van der Waals surface area contributed by atoms with E-state index in [0.717, 1.165) is 37.3 Å². The van der Waals surface area contributed by atoms with Crippen molar-refractivity contribution in [3.05, 3.63) is 83.9 Å². The summed E-state index contributed by atoms with van der Waals surface area (Å²) in [6.45, 7) is 1.99. The van der Waals surface area contributed by atoms with Crippen molar-refractivity contribution < 1.29 is 13.2 Å². The molecule has 0 aliphatic carbocycles. The summed E-state index contributed by atoms with van der Waals surface area (Å²) >= 11 is 0. The number of nitrogens with one attached hydrogen (secondary N) is 2. The van der Waals surface area contributed by atoms with Gasteiger partial charge in [0.2, 0.25) is 0 Å². The fourth-order valence-corrected chi connectivity index (χ4v) is 5.22. The molecule has 162 valence electrons. The van der Waals surface area contributed by atoms with Crippen LogP contribution in [0.3, 0.4) is 0 Å². The standard InChI is InChI=1S/C24H22N4O3S/c29-24(26-20-8-2-3-9-21(20)28-15-5-6-16-28)17-11-13-18(14-12-17)25-23-19-7-1-4-10-22(19)32(30,31)27-23/h1-4,7-14H,5-6,15-16H2,(H,25,27)(H,26,29). The summed E-state index contributed by atoms with van der Waals surface area (Å²) < 4.78 is 28.3. The summed E-state index contributed by atoms with van der Waals surface area (Å²) in [6, 6.07) is 21.4. The Kier molecular flexibility index (Phi) is 5.14. The largest absolute Gasteiger partial charge is 0.370 e. The van der Waals surface area contributed by atoms with E-state index in [1.807, 2.05) is 24.3 Å². The summed E-state index contributed by atoms with van der Waals surface area (Å²) in [7, 11) is -3.68. The molecule has 0 bridgehead atoms. The van der Waals surface area contributed by atoms with E-state index in [1.165, 1.54) is 6.07 Å². The van der Waals surface area contributed by atoms with Crippen molar-refractivity contribution in [1.82, 2.24) is 0 Å². The summed E-state index contributed by atoms with van der Waals surface area (Å²) in [5, 5.41) is 6.06. The first-order valence-corrected chi connectivity index (χ1v) is 11.9. The molecule has 0 aromatic heterocycles. The molecule has 0 unspecified atom stereocenters. The molecule has 3 aromatic carbocycles. The minimum absolute atomic E-state index is 0.190. The number of rotatable bonds is 4. The van der Waals surface area contributed by atoms with Crippen molar-refractivity contribution in [2.45, 2.75) is 17.7 Å². The highest BCUT2D eigenvalue weighted by molar-refractivity contribution is 7.90. The van der Waals surface area contributed by atoms with Gasteiger partial charge in [-0.1, -0.05) is 24.3 Å². The molecule has 2 heterocycles. The van der Waals surface area contributed by atoms with Crippen molar-refractivity contribution >= 4 is 38.8 Å². The number of hydrogen-bond donors (Lipinski definition) is 2. The van der Waals surface area contributed by atoms with Crippen LogP contribution in [0.25, 0.3) is 0 Å². The minimum Gasteiger partial charge on any atom is -0.370 e. The van der Waals surface area contributed by atoms with E-state index >= 15 is 0 Å². The number of sulfonamides is 1. The average molecular weight is 447 g/mol. The first-order valence-electron chi connectivity index (χ1n) is 10.5. The molecule has 7 nitrogen and oxygen atoms in total. The SMILES string of the molecule is O=C(Nc1ccccc1N1CCCC1)c1ccc(NC2=NS(=O)(=O)c3ccccc32)cc1. The van der Waals surface area contributed by atoms with E-state index in [-0.39, 0.29) is 16.6 Å². The van der Waals surface area contributed by atoms with Crippen LogP contribution in [-0.4, -0.2) is 33.3 Å². The first-order chi connectivity index (χ1) is 15.5. The van der Waals surface area contributed by atoms with Gasteiger partial charge in [-0.3, -0.25) is 4.79 Å². The average Bonchev–Trinajstić information content (AvgIpc) is 3.42. The Labute approximate surface area is 186 Å². The van der Waals surface area contributed by atoms with Gasteiger partial charge in [-0.2, -0.15) is 8.42 Å². The molecule has 1 fully saturated rings. The molecule has 1 saturated heterocycles. The zero-order valence-electron chi connectivity index (χ0n) is 17.3. The number of carbonyl (C=O) groups is 1. The van der Waals surface area contributed by atoms with Crippen LogP contribution in [0.15, 0.2) is 82.1 Å². The number of para-hydroxylation sites is 2. The zero-order chi connectivity index (χ0) is 22.1. The third-order valence-corrected chi connectivity index (χ3v) is 6.98. The van der Waals surface area contributed by atoms with Gasteiger partial charge >= 0.3 is 0 Å². The molecule has 2 aliphatic rings. The van der Waals surface area contributed by atoms with Crippen molar-refractivity contribution in [2.75, 3.05) is 28.6 Å². The Morgan fingerprint density at radius 1 is 0.875 bits per heavy atom. The Hall–Kier alpha value is -3.65. The zero-order valence-corrected chi connectivity index (χ0v) is 18.1. The van der Waals surface area contributed by atoms with Gasteiger partial charge in [-0.25, -0.2) is 0 Å². The molecule has 0 saturated carbocycles. The number of benzene rings is 3. The molecule has 2 aliphatic heterocycles. The molecule has 8 heteroatoms. The maximum atomic E-state index is 12.8.